The molecule has 0 unspecified atom stereocenters. The summed E-state index contributed by atoms with van der Waals surface area (Å²) >= 11 is 0. The van der Waals surface area contributed by atoms with E-state index in [0.29, 0.717) is 6.29 Å². The molecule has 1 amide bonds. The lowest BCUT2D eigenvalue weighted by Gasteiger charge is -2.44. The fourth-order valence-corrected chi connectivity index (χ4v) is 5.94. The van der Waals surface area contributed by atoms with Crippen LogP contribution in [0.3, 0.4) is 0 Å². The van der Waals surface area contributed by atoms with Crippen LogP contribution in [0.2, 0.25) is 36.3 Å². The van der Waals surface area contributed by atoms with E-state index in [0.717, 1.165) is 0 Å². The molecule has 1 aliphatic rings. The monoisotopic (exact) mass is 537 g/mol. The number of carbonyl (C=O) groups excluding carboxylic acids is 2. The van der Waals surface area contributed by atoms with Crippen LogP contribution in [0.15, 0.2) is 29.2 Å². The predicted octanol–water partition coefficient (Wildman–Crippen LogP) is 4.64. The number of nitrogens with zero attached hydrogens (tertiary/aromatic N) is 2. The number of rotatable bonds is 8. The van der Waals surface area contributed by atoms with Crippen molar-refractivity contribution >= 4 is 34.6 Å². The van der Waals surface area contributed by atoms with Gasteiger partial charge in [-0.2, -0.15) is 4.98 Å². The molecule has 0 spiro atoms. The summed E-state index contributed by atoms with van der Waals surface area (Å²) in [5.74, 6) is -0.159. The molecule has 1 fully saturated rings. The number of allylic oxidation sites excluding steroid dienone is 1. The van der Waals surface area contributed by atoms with E-state index in [1.807, 2.05) is 0 Å². The van der Waals surface area contributed by atoms with Crippen LogP contribution in [-0.2, 0) is 23.2 Å². The van der Waals surface area contributed by atoms with Gasteiger partial charge in [0.2, 0.25) is 5.91 Å². The van der Waals surface area contributed by atoms with Crippen molar-refractivity contribution in [1.82, 2.24) is 9.55 Å². The standard InChI is InChI=1S/C25H43N3O6Si2/c1-17(30)26-19-14-15-28(23(31)27-19)22-21(34-36(10,11)25(5,6)7)20(18(32-22)13-12-16-29)33-35(8,9)24(2,3)4/h12-16,18,20-22H,1-11H3,(H,26,27,30,31)/b13-12+/t18-,20-,21+,22-/m1/s1. The summed E-state index contributed by atoms with van der Waals surface area (Å²) in [6.07, 6.45) is 2.70. The van der Waals surface area contributed by atoms with Crippen molar-refractivity contribution in [2.24, 2.45) is 0 Å². The van der Waals surface area contributed by atoms with Gasteiger partial charge in [0.1, 0.15) is 30.4 Å². The molecule has 1 aromatic rings. The van der Waals surface area contributed by atoms with Gasteiger partial charge in [-0.05, 0) is 54.5 Å². The Hall–Kier alpha value is -1.93. The van der Waals surface area contributed by atoms with Crippen molar-refractivity contribution in [2.45, 2.75) is 109 Å². The number of amides is 1. The third-order valence-electron chi connectivity index (χ3n) is 7.49. The van der Waals surface area contributed by atoms with E-state index in [2.05, 4.69) is 78.0 Å². The summed E-state index contributed by atoms with van der Waals surface area (Å²) in [7, 11) is -4.65. The van der Waals surface area contributed by atoms with E-state index < -0.39 is 46.9 Å². The third-order valence-corrected chi connectivity index (χ3v) is 16.4. The Balaban J connectivity index is 2.64. The van der Waals surface area contributed by atoms with Gasteiger partial charge in [-0.25, -0.2) is 4.79 Å². The molecule has 0 radical (unpaired) electrons. The maximum Gasteiger partial charge on any atom is 0.351 e. The van der Waals surface area contributed by atoms with Crippen molar-refractivity contribution < 1.29 is 23.2 Å². The number of ether oxygens (including phenoxy) is 1. The Bertz CT molecular complexity index is 1040. The molecule has 0 bridgehead atoms. The van der Waals surface area contributed by atoms with E-state index in [1.165, 1.54) is 17.6 Å². The first-order valence-corrected chi connectivity index (χ1v) is 18.1. The molecule has 0 aliphatic carbocycles. The van der Waals surface area contributed by atoms with Gasteiger partial charge in [0, 0.05) is 13.1 Å². The van der Waals surface area contributed by atoms with Crippen LogP contribution in [0, 0.1) is 0 Å². The van der Waals surface area contributed by atoms with E-state index in [4.69, 9.17) is 13.6 Å². The quantitative estimate of drug-likeness (QED) is 0.292. The number of aromatic nitrogens is 2. The smallest absolute Gasteiger partial charge is 0.351 e. The molecule has 0 aromatic carbocycles. The summed E-state index contributed by atoms with van der Waals surface area (Å²) in [4.78, 5) is 39.7. The van der Waals surface area contributed by atoms with Crippen LogP contribution in [0.25, 0.3) is 0 Å². The Morgan fingerprint density at radius 1 is 1.06 bits per heavy atom. The van der Waals surface area contributed by atoms with Gasteiger partial charge >= 0.3 is 5.69 Å². The number of aldehydes is 1. The second kappa shape index (κ2) is 10.8. The second-order valence-corrected chi connectivity index (χ2v) is 21.9. The minimum Gasteiger partial charge on any atom is -0.408 e. The lowest BCUT2D eigenvalue weighted by Crippen LogP contribution is -2.53. The zero-order valence-electron chi connectivity index (χ0n) is 23.5. The van der Waals surface area contributed by atoms with Gasteiger partial charge in [-0.15, -0.1) is 0 Å². The molecular formula is C25H43N3O6Si2. The predicted molar refractivity (Wildman–Crippen MR) is 146 cm³/mol. The van der Waals surface area contributed by atoms with Gasteiger partial charge in [-0.3, -0.25) is 14.2 Å². The van der Waals surface area contributed by atoms with Crippen LogP contribution in [0.4, 0.5) is 5.82 Å². The Morgan fingerprint density at radius 3 is 2.03 bits per heavy atom. The molecule has 0 saturated carbocycles. The molecule has 2 heterocycles. The lowest BCUT2D eigenvalue weighted by molar-refractivity contribution is -0.114. The highest BCUT2D eigenvalue weighted by Crippen LogP contribution is 2.45. The molecule has 4 atom stereocenters. The maximum absolute atomic E-state index is 13.1. The average Bonchev–Trinajstić information content (AvgIpc) is 3.00. The maximum atomic E-state index is 13.1. The first-order valence-electron chi connectivity index (χ1n) is 12.3. The van der Waals surface area contributed by atoms with Gasteiger partial charge in [0.15, 0.2) is 22.9 Å². The first-order chi connectivity index (χ1) is 16.3. The van der Waals surface area contributed by atoms with Crippen molar-refractivity contribution in [3.63, 3.8) is 0 Å². The van der Waals surface area contributed by atoms with E-state index in [-0.39, 0.29) is 21.8 Å². The van der Waals surface area contributed by atoms with E-state index >= 15 is 0 Å². The molecule has 1 aliphatic heterocycles. The van der Waals surface area contributed by atoms with Crippen LogP contribution >= 0.6 is 0 Å². The van der Waals surface area contributed by atoms with Crippen molar-refractivity contribution in [3.05, 3.63) is 34.9 Å². The summed E-state index contributed by atoms with van der Waals surface area (Å²) in [5, 5.41) is 2.35. The van der Waals surface area contributed by atoms with Crippen LogP contribution in [0.5, 0.6) is 0 Å². The van der Waals surface area contributed by atoms with E-state index in [9.17, 15) is 14.4 Å². The largest absolute Gasteiger partial charge is 0.408 e. The topological polar surface area (TPSA) is 109 Å². The number of anilines is 1. The van der Waals surface area contributed by atoms with Gasteiger partial charge in [0.05, 0.1) is 0 Å². The average molecular weight is 538 g/mol. The van der Waals surface area contributed by atoms with E-state index in [1.54, 1.807) is 18.3 Å². The second-order valence-electron chi connectivity index (χ2n) is 12.4. The third kappa shape index (κ3) is 6.88. The van der Waals surface area contributed by atoms with Crippen molar-refractivity contribution in [2.75, 3.05) is 5.32 Å². The van der Waals surface area contributed by atoms with Crippen LogP contribution < -0.4 is 11.0 Å². The lowest BCUT2D eigenvalue weighted by atomic mass is 10.1. The SMILES string of the molecule is CC(=O)Nc1ccn([C@@H]2O[C@H](/C=C/C=O)[C@@H](O[Si](C)(C)C(C)(C)C)[C@@H]2O[Si](C)(C)C(C)(C)C)c(=O)n1. The highest BCUT2D eigenvalue weighted by atomic mass is 28.4. The number of carbonyl (C=O) groups is 2. The number of nitrogens with one attached hydrogen (secondary N) is 1. The molecule has 1 saturated heterocycles. The summed E-state index contributed by atoms with van der Waals surface area (Å²) in [6.45, 7) is 22.8. The highest BCUT2D eigenvalue weighted by molar-refractivity contribution is 6.74. The molecule has 1 aromatic heterocycles. The fraction of sp³-hybridized carbons (Fsp3) is 0.680. The summed E-state index contributed by atoms with van der Waals surface area (Å²) in [5.41, 5.74) is -0.582. The zero-order valence-corrected chi connectivity index (χ0v) is 25.5. The molecule has 11 heteroatoms. The molecule has 202 valence electrons. The normalized spacial score (nSPS) is 23.8. The summed E-state index contributed by atoms with van der Waals surface area (Å²) < 4.78 is 21.5. The van der Waals surface area contributed by atoms with Gasteiger partial charge < -0.3 is 18.9 Å². The summed E-state index contributed by atoms with van der Waals surface area (Å²) in [6, 6.07) is 1.55. The van der Waals surface area contributed by atoms with Gasteiger partial charge in [0.25, 0.3) is 0 Å². The number of hydrogen-bond donors (Lipinski definition) is 1. The zero-order chi connectivity index (χ0) is 27.7. The van der Waals surface area contributed by atoms with Crippen molar-refractivity contribution in [3.8, 4) is 0 Å². The van der Waals surface area contributed by atoms with Crippen LogP contribution in [-0.4, -0.2) is 56.7 Å². The first kappa shape index (κ1) is 30.3. The van der Waals surface area contributed by atoms with Gasteiger partial charge in [-0.1, -0.05) is 41.5 Å². The molecule has 36 heavy (non-hydrogen) atoms. The Morgan fingerprint density at radius 2 is 1.58 bits per heavy atom. The molecule has 1 N–H and O–H groups in total. The molecular weight excluding hydrogens is 494 g/mol. The minimum absolute atomic E-state index is 0.0794. The minimum atomic E-state index is -2.35. The molecule has 9 nitrogen and oxygen atoms in total. The highest BCUT2D eigenvalue weighted by Gasteiger charge is 2.53. The molecule has 2 rings (SSSR count). The Kier molecular flexibility index (Phi) is 9.11. The fourth-order valence-electron chi connectivity index (χ4n) is 3.35. The van der Waals surface area contributed by atoms with Crippen LogP contribution in [0.1, 0.15) is 54.7 Å². The Labute approximate surface area is 216 Å². The number of hydrogen-bond acceptors (Lipinski definition) is 7. The van der Waals surface area contributed by atoms with Crippen molar-refractivity contribution in [1.29, 1.82) is 0 Å².